The number of para-hydroxylation sites is 1. The molecule has 3 rings (SSSR count). The van der Waals surface area contributed by atoms with Crippen LogP contribution >= 0.6 is 0 Å². The number of aryl methyl sites for hydroxylation is 1. The molecule has 0 amide bonds. The van der Waals surface area contributed by atoms with Gasteiger partial charge < -0.3 is 5.11 Å². The van der Waals surface area contributed by atoms with Crippen LogP contribution in [0, 0.1) is 18.8 Å². The lowest BCUT2D eigenvalue weighted by atomic mass is 9.96. The molecule has 3 atom stereocenters. The molecule has 2 aliphatic rings. The number of benzene rings is 1. The maximum absolute atomic E-state index is 9.90. The Bertz CT molecular complexity index is 452. The first-order chi connectivity index (χ1) is 8.24. The Morgan fingerprint density at radius 1 is 1.24 bits per heavy atom. The monoisotopic (exact) mass is 229 g/mol. The number of rotatable bonds is 2. The Hall–Kier alpha value is -1.31. The molecule has 2 fully saturated rings. The minimum absolute atomic E-state index is 0.372. The van der Waals surface area contributed by atoms with Crippen molar-refractivity contribution in [3.05, 3.63) is 29.3 Å². The number of aliphatic imine (C=N–C) groups is 1. The van der Waals surface area contributed by atoms with E-state index in [1.54, 1.807) is 0 Å². The highest BCUT2D eigenvalue weighted by Crippen LogP contribution is 2.50. The summed E-state index contributed by atoms with van der Waals surface area (Å²) in [6, 6.07) is 6.30. The molecule has 2 saturated carbocycles. The molecule has 0 bridgehead atoms. The van der Waals surface area contributed by atoms with Gasteiger partial charge >= 0.3 is 0 Å². The SMILES string of the molecule is Cc1cccc(C=NC2CCC3CC3C2)c1O. The van der Waals surface area contributed by atoms with Crippen molar-refractivity contribution < 1.29 is 5.11 Å². The lowest BCUT2D eigenvalue weighted by Crippen LogP contribution is -2.12. The van der Waals surface area contributed by atoms with Gasteiger partial charge in [-0.1, -0.05) is 12.1 Å². The molecule has 1 aromatic rings. The Labute approximate surface area is 102 Å². The van der Waals surface area contributed by atoms with Gasteiger partial charge in [0, 0.05) is 11.8 Å². The van der Waals surface area contributed by atoms with Crippen LogP contribution in [-0.2, 0) is 0 Å². The molecule has 0 spiro atoms. The van der Waals surface area contributed by atoms with E-state index in [9.17, 15) is 5.11 Å². The van der Waals surface area contributed by atoms with Crippen LogP contribution in [0.3, 0.4) is 0 Å². The van der Waals surface area contributed by atoms with Crippen LogP contribution in [0.2, 0.25) is 0 Å². The van der Waals surface area contributed by atoms with Crippen LogP contribution in [0.1, 0.15) is 36.8 Å². The molecule has 0 saturated heterocycles. The van der Waals surface area contributed by atoms with Crippen LogP contribution in [0.25, 0.3) is 0 Å². The van der Waals surface area contributed by atoms with E-state index in [0.29, 0.717) is 11.8 Å². The van der Waals surface area contributed by atoms with E-state index in [4.69, 9.17) is 0 Å². The molecule has 1 N–H and O–H groups in total. The number of hydrogen-bond donors (Lipinski definition) is 1. The molecule has 2 aliphatic carbocycles. The number of phenols is 1. The van der Waals surface area contributed by atoms with Gasteiger partial charge in [0.1, 0.15) is 5.75 Å². The molecule has 0 aliphatic heterocycles. The smallest absolute Gasteiger partial charge is 0.127 e. The van der Waals surface area contributed by atoms with Crippen molar-refractivity contribution in [2.24, 2.45) is 16.8 Å². The van der Waals surface area contributed by atoms with Crippen molar-refractivity contribution in [3.8, 4) is 5.75 Å². The summed E-state index contributed by atoms with van der Waals surface area (Å²) in [5, 5.41) is 9.90. The number of phenolic OH excluding ortho intramolecular Hbond substituents is 1. The Morgan fingerprint density at radius 2 is 2.12 bits per heavy atom. The predicted molar refractivity (Wildman–Crippen MR) is 69.7 cm³/mol. The van der Waals surface area contributed by atoms with Gasteiger partial charge in [0.15, 0.2) is 0 Å². The average Bonchev–Trinajstić information content (AvgIpc) is 3.09. The normalized spacial score (nSPS) is 31.5. The fourth-order valence-electron chi connectivity index (χ4n) is 2.93. The van der Waals surface area contributed by atoms with Crippen LogP contribution in [0.4, 0.5) is 0 Å². The van der Waals surface area contributed by atoms with E-state index in [2.05, 4.69) is 4.99 Å². The second-order valence-corrected chi connectivity index (χ2v) is 5.51. The lowest BCUT2D eigenvalue weighted by molar-refractivity contribution is 0.424. The first kappa shape index (κ1) is 10.8. The molecule has 2 heteroatoms. The van der Waals surface area contributed by atoms with Gasteiger partial charge in [0.2, 0.25) is 0 Å². The zero-order valence-corrected chi connectivity index (χ0v) is 10.3. The molecule has 2 nitrogen and oxygen atoms in total. The van der Waals surface area contributed by atoms with Gasteiger partial charge in [0.25, 0.3) is 0 Å². The third-order valence-electron chi connectivity index (χ3n) is 4.21. The van der Waals surface area contributed by atoms with Crippen LogP contribution in [0.5, 0.6) is 5.75 Å². The molecule has 90 valence electrons. The van der Waals surface area contributed by atoms with Crippen molar-refractivity contribution >= 4 is 6.21 Å². The van der Waals surface area contributed by atoms with E-state index < -0.39 is 0 Å². The standard InChI is InChI=1S/C15H19NO/c1-10-3-2-4-12(15(10)17)9-16-14-6-5-11-7-13(11)8-14/h2-4,9,11,13-14,17H,5-8H2,1H3. The fraction of sp³-hybridized carbons (Fsp3) is 0.533. The minimum atomic E-state index is 0.372. The van der Waals surface area contributed by atoms with Crippen molar-refractivity contribution in [1.82, 2.24) is 0 Å². The summed E-state index contributed by atoms with van der Waals surface area (Å²) in [6.45, 7) is 1.92. The molecular weight excluding hydrogens is 210 g/mol. The van der Waals surface area contributed by atoms with Crippen molar-refractivity contribution in [2.75, 3.05) is 0 Å². The van der Waals surface area contributed by atoms with Gasteiger partial charge in [-0.05, 0) is 56.1 Å². The van der Waals surface area contributed by atoms with Crippen LogP contribution < -0.4 is 0 Å². The molecule has 1 aromatic carbocycles. The summed E-state index contributed by atoms with van der Waals surface area (Å²) >= 11 is 0. The van der Waals surface area contributed by atoms with E-state index in [0.717, 1.165) is 23.0 Å². The van der Waals surface area contributed by atoms with E-state index in [-0.39, 0.29) is 0 Å². The molecular formula is C15H19NO. The van der Waals surface area contributed by atoms with Gasteiger partial charge in [-0.15, -0.1) is 0 Å². The molecule has 0 radical (unpaired) electrons. The maximum Gasteiger partial charge on any atom is 0.127 e. The summed E-state index contributed by atoms with van der Waals surface area (Å²) in [4.78, 5) is 4.65. The Kier molecular flexibility index (Phi) is 2.65. The second kappa shape index (κ2) is 4.17. The van der Waals surface area contributed by atoms with Crippen molar-refractivity contribution in [2.45, 2.75) is 38.6 Å². The Balaban J connectivity index is 1.71. The van der Waals surface area contributed by atoms with Gasteiger partial charge in [-0.25, -0.2) is 0 Å². The largest absolute Gasteiger partial charge is 0.507 e. The summed E-state index contributed by atoms with van der Waals surface area (Å²) in [6.07, 6.45) is 7.13. The topological polar surface area (TPSA) is 32.6 Å². The summed E-state index contributed by atoms with van der Waals surface area (Å²) in [5.41, 5.74) is 1.77. The first-order valence-electron chi connectivity index (χ1n) is 6.56. The van der Waals surface area contributed by atoms with Gasteiger partial charge in [-0.3, -0.25) is 4.99 Å². The van der Waals surface area contributed by atoms with Crippen molar-refractivity contribution in [3.63, 3.8) is 0 Å². The zero-order chi connectivity index (χ0) is 11.8. The summed E-state index contributed by atoms with van der Waals surface area (Å²) in [7, 11) is 0. The fourth-order valence-corrected chi connectivity index (χ4v) is 2.93. The molecule has 3 unspecified atom stereocenters. The third kappa shape index (κ3) is 2.21. The molecule has 17 heavy (non-hydrogen) atoms. The Morgan fingerprint density at radius 3 is 2.94 bits per heavy atom. The molecule has 0 heterocycles. The summed E-state index contributed by atoms with van der Waals surface area (Å²) < 4.78 is 0. The molecule has 0 aromatic heterocycles. The number of nitrogens with zero attached hydrogens (tertiary/aromatic N) is 1. The quantitative estimate of drug-likeness (QED) is 0.775. The first-order valence-corrected chi connectivity index (χ1v) is 6.56. The van der Waals surface area contributed by atoms with Crippen molar-refractivity contribution in [1.29, 1.82) is 0 Å². The number of aromatic hydroxyl groups is 1. The third-order valence-corrected chi connectivity index (χ3v) is 4.21. The lowest BCUT2D eigenvalue weighted by Gasteiger charge is -2.16. The maximum atomic E-state index is 9.90. The highest BCUT2D eigenvalue weighted by molar-refractivity contribution is 5.84. The minimum Gasteiger partial charge on any atom is -0.507 e. The highest BCUT2D eigenvalue weighted by atomic mass is 16.3. The number of fused-ring (bicyclic) bond motifs is 1. The average molecular weight is 229 g/mol. The summed E-state index contributed by atoms with van der Waals surface area (Å²) in [5.74, 6) is 2.35. The van der Waals surface area contributed by atoms with Crippen LogP contribution in [-0.4, -0.2) is 17.4 Å². The van der Waals surface area contributed by atoms with E-state index in [1.165, 1.54) is 25.7 Å². The van der Waals surface area contributed by atoms with Gasteiger partial charge in [-0.2, -0.15) is 0 Å². The van der Waals surface area contributed by atoms with Gasteiger partial charge in [0.05, 0.1) is 6.04 Å². The highest BCUT2D eigenvalue weighted by Gasteiger charge is 2.41. The van der Waals surface area contributed by atoms with E-state index in [1.807, 2.05) is 31.3 Å². The van der Waals surface area contributed by atoms with E-state index >= 15 is 0 Å². The van der Waals surface area contributed by atoms with Crippen LogP contribution in [0.15, 0.2) is 23.2 Å². The zero-order valence-electron chi connectivity index (χ0n) is 10.3. The second-order valence-electron chi connectivity index (χ2n) is 5.51. The predicted octanol–water partition coefficient (Wildman–Crippen LogP) is 3.31. The number of hydrogen-bond acceptors (Lipinski definition) is 2.